The minimum atomic E-state index is 0.0294. The fourth-order valence-electron chi connectivity index (χ4n) is 5.87. The van der Waals surface area contributed by atoms with Gasteiger partial charge >= 0.3 is 0 Å². The Kier molecular flexibility index (Phi) is 3.94. The first kappa shape index (κ1) is 17.7. The molecule has 2 amide bonds. The van der Waals surface area contributed by atoms with Crippen LogP contribution in [0.5, 0.6) is 0 Å². The lowest BCUT2D eigenvalue weighted by Gasteiger charge is -2.28. The molecule has 0 radical (unpaired) electrons. The number of piperidine rings is 1. The summed E-state index contributed by atoms with van der Waals surface area (Å²) in [7, 11) is 0. The van der Waals surface area contributed by atoms with Gasteiger partial charge in [0.1, 0.15) is 0 Å². The SMILES string of the molecule is C[C@H]1c2cn[nH]c2CC[C@H]1C(=O)NC1[C@H]2CN(C(=O)C=C(C3CC3)C3CC3)C[C@@H]12. The van der Waals surface area contributed by atoms with Gasteiger partial charge in [-0.3, -0.25) is 14.7 Å². The predicted octanol–water partition coefficient (Wildman–Crippen LogP) is 2.39. The van der Waals surface area contributed by atoms with E-state index in [1.165, 1.54) is 42.5 Å². The van der Waals surface area contributed by atoms with Crippen LogP contribution in [0.25, 0.3) is 0 Å². The van der Waals surface area contributed by atoms with Crippen molar-refractivity contribution in [2.24, 2.45) is 29.6 Å². The second kappa shape index (κ2) is 6.44. The Morgan fingerprint density at radius 2 is 1.83 bits per heavy atom. The molecule has 2 N–H and O–H groups in total. The van der Waals surface area contributed by atoms with E-state index in [0.717, 1.165) is 25.9 Å². The lowest BCUT2D eigenvalue weighted by Crippen LogP contribution is -2.41. The van der Waals surface area contributed by atoms with Crippen LogP contribution in [0.2, 0.25) is 0 Å². The number of rotatable bonds is 5. The minimum absolute atomic E-state index is 0.0294. The van der Waals surface area contributed by atoms with Crippen LogP contribution in [0, 0.1) is 29.6 Å². The van der Waals surface area contributed by atoms with Gasteiger partial charge in [-0.2, -0.15) is 5.10 Å². The number of amides is 2. The van der Waals surface area contributed by atoms with Crippen molar-refractivity contribution in [3.63, 3.8) is 0 Å². The number of aryl methyl sites for hydroxylation is 1. The zero-order valence-corrected chi connectivity index (χ0v) is 17.1. The van der Waals surface area contributed by atoms with E-state index in [0.29, 0.717) is 23.7 Å². The molecule has 4 fully saturated rings. The molecule has 6 nitrogen and oxygen atoms in total. The maximum absolute atomic E-state index is 12.9. The molecule has 1 aromatic heterocycles. The Bertz CT molecular complexity index is 855. The fourth-order valence-corrected chi connectivity index (χ4v) is 5.87. The Morgan fingerprint density at radius 1 is 1.14 bits per heavy atom. The number of nitrogens with zero attached hydrogens (tertiary/aromatic N) is 2. The van der Waals surface area contributed by atoms with E-state index in [-0.39, 0.29) is 29.7 Å². The highest BCUT2D eigenvalue weighted by atomic mass is 16.2. The summed E-state index contributed by atoms with van der Waals surface area (Å²) in [6.45, 7) is 3.74. The molecule has 29 heavy (non-hydrogen) atoms. The summed E-state index contributed by atoms with van der Waals surface area (Å²) in [5.41, 5.74) is 3.81. The van der Waals surface area contributed by atoms with E-state index in [4.69, 9.17) is 0 Å². The number of aromatic nitrogens is 2. The second-order valence-electron chi connectivity index (χ2n) is 10.0. The van der Waals surface area contributed by atoms with Gasteiger partial charge in [0, 0.05) is 48.7 Å². The molecule has 4 aliphatic carbocycles. The lowest BCUT2D eigenvalue weighted by molar-refractivity contribution is -0.126. The van der Waals surface area contributed by atoms with Crippen molar-refractivity contribution >= 4 is 11.8 Å². The van der Waals surface area contributed by atoms with Gasteiger partial charge in [-0.1, -0.05) is 12.5 Å². The Balaban J connectivity index is 1.04. The third-order valence-electron chi connectivity index (χ3n) is 8.09. The monoisotopic (exact) mass is 394 g/mol. The van der Waals surface area contributed by atoms with E-state index >= 15 is 0 Å². The van der Waals surface area contributed by atoms with E-state index in [1.807, 2.05) is 17.2 Å². The summed E-state index contributed by atoms with van der Waals surface area (Å²) < 4.78 is 0. The predicted molar refractivity (Wildman–Crippen MR) is 108 cm³/mol. The van der Waals surface area contributed by atoms with Crippen molar-refractivity contribution in [3.8, 4) is 0 Å². The van der Waals surface area contributed by atoms with Crippen LogP contribution < -0.4 is 5.32 Å². The molecule has 1 aliphatic heterocycles. The number of carbonyl (C=O) groups is 2. The van der Waals surface area contributed by atoms with Crippen molar-refractivity contribution in [1.82, 2.24) is 20.4 Å². The van der Waals surface area contributed by atoms with Crippen molar-refractivity contribution in [1.29, 1.82) is 0 Å². The summed E-state index contributed by atoms with van der Waals surface area (Å²) in [5, 5.41) is 10.5. The van der Waals surface area contributed by atoms with Gasteiger partial charge in [-0.25, -0.2) is 0 Å². The van der Waals surface area contributed by atoms with E-state index < -0.39 is 0 Å². The number of nitrogens with one attached hydrogen (secondary N) is 2. The van der Waals surface area contributed by atoms with Crippen molar-refractivity contribution in [3.05, 3.63) is 29.1 Å². The van der Waals surface area contributed by atoms with Crippen molar-refractivity contribution in [2.75, 3.05) is 13.1 Å². The number of fused-ring (bicyclic) bond motifs is 2. The van der Waals surface area contributed by atoms with Crippen LogP contribution in [0.3, 0.4) is 0 Å². The summed E-state index contributed by atoms with van der Waals surface area (Å²) in [4.78, 5) is 27.7. The number of allylic oxidation sites excluding steroid dienone is 1. The second-order valence-corrected chi connectivity index (χ2v) is 10.0. The van der Waals surface area contributed by atoms with Crippen LogP contribution in [0.1, 0.15) is 56.2 Å². The first-order valence-electron chi connectivity index (χ1n) is 11.4. The highest BCUT2D eigenvalue weighted by Crippen LogP contribution is 2.50. The molecule has 3 saturated carbocycles. The summed E-state index contributed by atoms with van der Waals surface area (Å²) >= 11 is 0. The van der Waals surface area contributed by atoms with Crippen molar-refractivity contribution in [2.45, 2.75) is 57.4 Å². The fraction of sp³-hybridized carbons (Fsp3) is 0.696. The normalized spacial score (nSPS) is 34.9. The Hall–Kier alpha value is -2.11. The van der Waals surface area contributed by atoms with Gasteiger partial charge < -0.3 is 10.2 Å². The van der Waals surface area contributed by atoms with Crippen LogP contribution in [0.4, 0.5) is 0 Å². The van der Waals surface area contributed by atoms with Crippen LogP contribution in [-0.4, -0.2) is 46.0 Å². The minimum Gasteiger partial charge on any atom is -0.352 e. The molecular weight excluding hydrogens is 364 g/mol. The molecule has 1 saturated heterocycles. The number of aromatic amines is 1. The molecule has 154 valence electrons. The Labute approximate surface area is 171 Å². The molecule has 0 aromatic carbocycles. The summed E-state index contributed by atoms with van der Waals surface area (Å²) in [5.74, 6) is 2.93. The number of likely N-dealkylation sites (tertiary alicyclic amines) is 1. The van der Waals surface area contributed by atoms with Gasteiger partial charge in [0.25, 0.3) is 0 Å². The molecule has 1 aromatic rings. The highest BCUT2D eigenvalue weighted by Gasteiger charge is 2.57. The van der Waals surface area contributed by atoms with E-state index in [1.54, 1.807) is 0 Å². The van der Waals surface area contributed by atoms with Gasteiger partial charge in [-0.05, 0) is 61.8 Å². The maximum Gasteiger partial charge on any atom is 0.246 e. The molecule has 6 heteroatoms. The number of carbonyl (C=O) groups excluding carboxylic acids is 2. The lowest BCUT2D eigenvalue weighted by atomic mass is 9.78. The summed E-state index contributed by atoms with van der Waals surface area (Å²) in [6, 6.07) is 0.264. The van der Waals surface area contributed by atoms with Gasteiger partial charge in [-0.15, -0.1) is 0 Å². The topological polar surface area (TPSA) is 78.1 Å². The molecule has 1 unspecified atom stereocenters. The first-order chi connectivity index (χ1) is 14.1. The molecular formula is C23H30N4O2. The average molecular weight is 395 g/mol. The standard InChI is InChI=1S/C23H30N4O2/c1-12-15(6-7-20-17(12)9-24-26-20)23(29)25-22-18-10-27(11-19(18)22)21(28)8-16(13-2-3-13)14-4-5-14/h8-9,12-15,18-19,22H,2-7,10-11H2,1H3,(H,24,26)(H,25,29)/t12-,15-,18-,19+,22?/m1/s1. The van der Waals surface area contributed by atoms with E-state index in [9.17, 15) is 9.59 Å². The molecule has 5 atom stereocenters. The number of hydrogen-bond acceptors (Lipinski definition) is 3. The smallest absolute Gasteiger partial charge is 0.246 e. The Morgan fingerprint density at radius 3 is 2.48 bits per heavy atom. The highest BCUT2D eigenvalue weighted by molar-refractivity contribution is 5.89. The quantitative estimate of drug-likeness (QED) is 0.753. The van der Waals surface area contributed by atoms with Gasteiger partial charge in [0.05, 0.1) is 6.20 Å². The van der Waals surface area contributed by atoms with E-state index in [2.05, 4.69) is 22.4 Å². The van der Waals surface area contributed by atoms with Crippen LogP contribution in [-0.2, 0) is 16.0 Å². The summed E-state index contributed by atoms with van der Waals surface area (Å²) in [6.07, 6.45) is 10.7. The third-order valence-corrected chi connectivity index (χ3v) is 8.09. The zero-order valence-electron chi connectivity index (χ0n) is 17.1. The average Bonchev–Trinajstić information content (AvgIpc) is 3.67. The molecule has 0 spiro atoms. The molecule has 2 heterocycles. The van der Waals surface area contributed by atoms with Crippen molar-refractivity contribution < 1.29 is 9.59 Å². The third kappa shape index (κ3) is 3.11. The maximum atomic E-state index is 12.9. The van der Waals surface area contributed by atoms with Crippen LogP contribution >= 0.6 is 0 Å². The molecule has 5 aliphatic rings. The number of hydrogen-bond donors (Lipinski definition) is 2. The first-order valence-corrected chi connectivity index (χ1v) is 11.4. The zero-order chi connectivity index (χ0) is 19.7. The van der Waals surface area contributed by atoms with Gasteiger partial charge in [0.15, 0.2) is 0 Å². The van der Waals surface area contributed by atoms with Gasteiger partial charge in [0.2, 0.25) is 11.8 Å². The molecule has 0 bridgehead atoms. The molecule has 6 rings (SSSR count). The largest absolute Gasteiger partial charge is 0.352 e. The van der Waals surface area contributed by atoms with Crippen LogP contribution in [0.15, 0.2) is 17.8 Å². The number of H-pyrrole nitrogens is 1.